The molecule has 8 rings (SSSR count). The van der Waals surface area contributed by atoms with Crippen LogP contribution >= 0.6 is 12.6 Å². The lowest BCUT2D eigenvalue weighted by Gasteiger charge is -2.26. The molecule has 1 aliphatic carbocycles. The average Bonchev–Trinajstić information content (AvgIpc) is 3.20. The summed E-state index contributed by atoms with van der Waals surface area (Å²) < 4.78 is 0. The lowest BCUT2D eigenvalue weighted by molar-refractivity contribution is 0.739. The molecule has 51 heavy (non-hydrogen) atoms. The molecule has 0 bridgehead atoms. The molecule has 0 radical (unpaired) electrons. The van der Waals surface area contributed by atoms with E-state index in [9.17, 15) is 0 Å². The fraction of sp³-hybridized carbons (Fsp3) is 0.0612. The molecule has 1 nitrogen and oxygen atoms in total. The molecule has 7 aromatic carbocycles. The highest BCUT2D eigenvalue weighted by molar-refractivity contribution is 7.80. The minimum Gasteiger partial charge on any atom is -0.311 e. The van der Waals surface area contributed by atoms with Crippen LogP contribution in [-0.4, -0.2) is 0 Å². The van der Waals surface area contributed by atoms with Gasteiger partial charge >= 0.3 is 0 Å². The van der Waals surface area contributed by atoms with Crippen molar-refractivity contribution in [1.82, 2.24) is 0 Å². The smallest absolute Gasteiger partial charge is 0.0462 e. The molecule has 1 atom stereocenters. The van der Waals surface area contributed by atoms with E-state index in [-0.39, 0.29) is 0 Å². The standard InChI is InChI=1S/C49H39NS/c1-35-15-17-40(18-16-35)42-13-8-14-44(33-42)48-34-43(25-32-49(48)51)41-23-30-47(31-24-41)50(45-26-19-38(20-27-45)36-9-4-2-5-10-36)46-28-21-39(22-29-46)37-11-6-3-7-12-37/h2-15,17-35,51H,16H2,1H3. The Bertz CT molecular complexity index is 2240. The number of hydrogen-bond donors (Lipinski definition) is 1. The maximum Gasteiger partial charge on any atom is 0.0462 e. The second kappa shape index (κ2) is 14.6. The topological polar surface area (TPSA) is 3.24 Å². The van der Waals surface area contributed by atoms with Gasteiger partial charge in [0.15, 0.2) is 0 Å². The van der Waals surface area contributed by atoms with Crippen LogP contribution in [0.5, 0.6) is 0 Å². The first-order valence-electron chi connectivity index (χ1n) is 17.6. The minimum absolute atomic E-state index is 0.594. The molecule has 0 spiro atoms. The first-order valence-corrected chi connectivity index (χ1v) is 18.1. The zero-order valence-corrected chi connectivity index (χ0v) is 29.5. The Labute approximate surface area is 307 Å². The molecule has 1 unspecified atom stereocenters. The van der Waals surface area contributed by atoms with Crippen LogP contribution in [0.1, 0.15) is 18.9 Å². The third-order valence-corrected chi connectivity index (χ3v) is 10.1. The maximum atomic E-state index is 4.89. The summed E-state index contributed by atoms with van der Waals surface area (Å²) >= 11 is 4.89. The Morgan fingerprint density at radius 1 is 0.451 bits per heavy atom. The van der Waals surface area contributed by atoms with Crippen LogP contribution in [0, 0.1) is 5.92 Å². The van der Waals surface area contributed by atoms with Gasteiger partial charge in [0.1, 0.15) is 0 Å². The largest absolute Gasteiger partial charge is 0.311 e. The van der Waals surface area contributed by atoms with E-state index in [4.69, 9.17) is 12.6 Å². The molecule has 0 saturated heterocycles. The summed E-state index contributed by atoms with van der Waals surface area (Å²) in [5.41, 5.74) is 15.3. The Kier molecular flexibility index (Phi) is 9.25. The van der Waals surface area contributed by atoms with Crippen molar-refractivity contribution in [3.63, 3.8) is 0 Å². The second-order valence-electron chi connectivity index (χ2n) is 13.3. The molecule has 0 heterocycles. The fourth-order valence-corrected chi connectivity index (χ4v) is 7.14. The number of thiol groups is 1. The summed E-state index contributed by atoms with van der Waals surface area (Å²) in [5.74, 6) is 0.594. The average molecular weight is 674 g/mol. The van der Waals surface area contributed by atoms with Crippen molar-refractivity contribution in [3.05, 3.63) is 200 Å². The van der Waals surface area contributed by atoms with Crippen LogP contribution in [0.3, 0.4) is 0 Å². The van der Waals surface area contributed by atoms with Gasteiger partial charge in [0.05, 0.1) is 0 Å². The molecule has 0 fully saturated rings. The third kappa shape index (κ3) is 7.10. The molecular formula is C49H39NS. The first-order chi connectivity index (χ1) is 25.1. The van der Waals surface area contributed by atoms with E-state index in [0.717, 1.165) is 45.1 Å². The molecule has 2 heteroatoms. The SMILES string of the molecule is CC1C=CC(c2cccc(-c3cc(-c4ccc(N(c5ccc(-c6ccccc6)cc5)c5ccc(-c6ccccc6)cc5)cc4)ccc3S)c2)=CC1. The summed E-state index contributed by atoms with van der Waals surface area (Å²) in [6.45, 7) is 2.26. The summed E-state index contributed by atoms with van der Waals surface area (Å²) in [6.07, 6.45) is 7.99. The van der Waals surface area contributed by atoms with Crippen molar-refractivity contribution in [2.75, 3.05) is 4.90 Å². The minimum atomic E-state index is 0.594. The number of allylic oxidation sites excluding steroid dienone is 4. The molecule has 0 saturated carbocycles. The van der Waals surface area contributed by atoms with Gasteiger partial charge in [0, 0.05) is 22.0 Å². The van der Waals surface area contributed by atoms with Crippen molar-refractivity contribution >= 4 is 35.3 Å². The van der Waals surface area contributed by atoms with Gasteiger partial charge in [0.25, 0.3) is 0 Å². The van der Waals surface area contributed by atoms with Gasteiger partial charge in [-0.1, -0.05) is 146 Å². The van der Waals surface area contributed by atoms with E-state index < -0.39 is 0 Å². The van der Waals surface area contributed by atoms with Crippen molar-refractivity contribution < 1.29 is 0 Å². The Morgan fingerprint density at radius 3 is 1.41 bits per heavy atom. The van der Waals surface area contributed by atoms with Gasteiger partial charge < -0.3 is 4.90 Å². The van der Waals surface area contributed by atoms with Gasteiger partial charge in [-0.05, 0) is 123 Å². The van der Waals surface area contributed by atoms with E-state index in [2.05, 4.69) is 206 Å². The van der Waals surface area contributed by atoms with Crippen molar-refractivity contribution in [2.45, 2.75) is 18.2 Å². The third-order valence-electron chi connectivity index (χ3n) is 9.74. The first kappa shape index (κ1) is 32.4. The number of rotatable bonds is 8. The summed E-state index contributed by atoms with van der Waals surface area (Å²) in [7, 11) is 0. The Morgan fingerprint density at radius 2 is 0.902 bits per heavy atom. The van der Waals surface area contributed by atoms with Crippen molar-refractivity contribution in [3.8, 4) is 44.5 Å². The van der Waals surface area contributed by atoms with E-state index in [1.54, 1.807) is 0 Å². The normalized spacial score (nSPS) is 13.8. The van der Waals surface area contributed by atoms with Crippen LogP contribution < -0.4 is 4.90 Å². The Balaban J connectivity index is 1.12. The van der Waals surface area contributed by atoms with Gasteiger partial charge in [-0.25, -0.2) is 0 Å². The molecule has 0 aliphatic heterocycles. The monoisotopic (exact) mass is 673 g/mol. The van der Waals surface area contributed by atoms with Crippen LogP contribution in [0.25, 0.3) is 50.1 Å². The molecule has 246 valence electrons. The molecule has 0 amide bonds. The van der Waals surface area contributed by atoms with Crippen LogP contribution in [0.15, 0.2) is 199 Å². The lowest BCUT2D eigenvalue weighted by atomic mass is 9.92. The number of anilines is 3. The zero-order chi connectivity index (χ0) is 34.6. The van der Waals surface area contributed by atoms with E-state index in [1.165, 1.54) is 39.0 Å². The molecule has 1 aliphatic rings. The zero-order valence-electron chi connectivity index (χ0n) is 28.7. The summed E-state index contributed by atoms with van der Waals surface area (Å²) in [4.78, 5) is 3.30. The molecule has 7 aromatic rings. The highest BCUT2D eigenvalue weighted by Crippen LogP contribution is 2.39. The Hall–Kier alpha value is -5.83. The summed E-state index contributed by atoms with van der Waals surface area (Å²) in [5, 5.41) is 0. The number of benzene rings is 7. The highest BCUT2D eigenvalue weighted by Gasteiger charge is 2.15. The number of hydrogen-bond acceptors (Lipinski definition) is 2. The predicted molar refractivity (Wildman–Crippen MR) is 221 cm³/mol. The van der Waals surface area contributed by atoms with E-state index in [0.29, 0.717) is 5.92 Å². The van der Waals surface area contributed by atoms with Crippen LogP contribution in [0.4, 0.5) is 17.1 Å². The van der Waals surface area contributed by atoms with Crippen molar-refractivity contribution in [2.24, 2.45) is 5.92 Å². The molecular weight excluding hydrogens is 635 g/mol. The number of nitrogens with zero attached hydrogens (tertiary/aromatic N) is 1. The molecule has 0 N–H and O–H groups in total. The van der Waals surface area contributed by atoms with E-state index in [1.807, 2.05) is 0 Å². The lowest BCUT2D eigenvalue weighted by Crippen LogP contribution is -2.09. The fourth-order valence-electron chi connectivity index (χ4n) is 6.87. The van der Waals surface area contributed by atoms with Gasteiger partial charge in [-0.2, -0.15) is 0 Å². The van der Waals surface area contributed by atoms with Gasteiger partial charge in [0.2, 0.25) is 0 Å². The maximum absolute atomic E-state index is 4.89. The predicted octanol–water partition coefficient (Wildman–Crippen LogP) is 14.1. The second-order valence-corrected chi connectivity index (χ2v) is 13.7. The van der Waals surface area contributed by atoms with E-state index >= 15 is 0 Å². The summed E-state index contributed by atoms with van der Waals surface area (Å²) in [6, 6.07) is 63.1. The van der Waals surface area contributed by atoms with Crippen molar-refractivity contribution in [1.29, 1.82) is 0 Å². The van der Waals surface area contributed by atoms with Crippen LogP contribution in [-0.2, 0) is 0 Å². The highest BCUT2D eigenvalue weighted by atomic mass is 32.1. The van der Waals surface area contributed by atoms with Crippen LogP contribution in [0.2, 0.25) is 0 Å². The quantitative estimate of drug-likeness (QED) is 0.157. The molecule has 0 aromatic heterocycles. The van der Waals surface area contributed by atoms with Gasteiger partial charge in [-0.15, -0.1) is 12.6 Å². The van der Waals surface area contributed by atoms with Gasteiger partial charge in [-0.3, -0.25) is 0 Å².